The molecule has 1 aliphatic heterocycles. The van der Waals surface area contributed by atoms with Gasteiger partial charge >= 0.3 is 7.12 Å². The maximum Gasteiger partial charge on any atom is 0.472 e. The summed E-state index contributed by atoms with van der Waals surface area (Å²) in [5, 5.41) is 22.3. The Kier molecular flexibility index (Phi) is 29.7. The highest BCUT2D eigenvalue weighted by Gasteiger charge is 2.52. The minimum Gasteiger partial charge on any atom is -0.426 e. The van der Waals surface area contributed by atoms with Crippen molar-refractivity contribution in [3.8, 4) is 0 Å². The number of carbonyl (C=O) groups is 2. The van der Waals surface area contributed by atoms with Crippen LogP contribution in [0.3, 0.4) is 0 Å². The molecule has 2 fully saturated rings. The smallest absolute Gasteiger partial charge is 0.426 e. The van der Waals surface area contributed by atoms with Gasteiger partial charge in [0.15, 0.2) is 0 Å². The lowest BCUT2D eigenvalue weighted by molar-refractivity contribution is -0.142. The van der Waals surface area contributed by atoms with E-state index >= 15 is 0 Å². The Balaban J connectivity index is -0.00000105. The fourth-order valence-electron chi connectivity index (χ4n) is 4.80. The van der Waals surface area contributed by atoms with Crippen molar-refractivity contribution in [2.24, 2.45) is 11.8 Å². The van der Waals surface area contributed by atoms with Crippen LogP contribution in [-0.4, -0.2) is 69.1 Å². The summed E-state index contributed by atoms with van der Waals surface area (Å²) in [6, 6.07) is -0.670. The van der Waals surface area contributed by atoms with Gasteiger partial charge in [-0.05, 0) is 51.9 Å². The van der Waals surface area contributed by atoms with Gasteiger partial charge in [-0.1, -0.05) is 98.8 Å². The van der Waals surface area contributed by atoms with E-state index in [0.29, 0.717) is 25.3 Å². The highest BCUT2D eigenvalue weighted by atomic mass is 32.2. The molecule has 8 nitrogen and oxygen atoms in total. The van der Waals surface area contributed by atoms with Crippen LogP contribution in [0.5, 0.6) is 0 Å². The summed E-state index contributed by atoms with van der Waals surface area (Å²) in [6.07, 6.45) is 11.1. The maximum absolute atomic E-state index is 13.6. The third-order valence-electron chi connectivity index (χ3n) is 6.81. The number of hydrogen-bond acceptors (Lipinski definition) is 5. The van der Waals surface area contributed by atoms with Crippen LogP contribution in [0, 0.1) is 11.8 Å². The van der Waals surface area contributed by atoms with E-state index in [2.05, 4.69) is 29.1 Å². The highest BCUT2D eigenvalue weighted by Crippen LogP contribution is 2.35. The van der Waals surface area contributed by atoms with Crippen LogP contribution in [0.4, 0.5) is 8.78 Å². The lowest BCUT2D eigenvalue weighted by Crippen LogP contribution is -2.58. The van der Waals surface area contributed by atoms with Crippen molar-refractivity contribution >= 4 is 29.9 Å². The number of halogens is 2. The minimum atomic E-state index is -2.17. The second-order valence-corrected chi connectivity index (χ2v) is 11.3. The van der Waals surface area contributed by atoms with Crippen LogP contribution < -0.4 is 10.0 Å². The van der Waals surface area contributed by atoms with Crippen molar-refractivity contribution in [2.45, 2.75) is 139 Å². The van der Waals surface area contributed by atoms with Gasteiger partial charge in [-0.2, -0.15) is 0 Å². The van der Waals surface area contributed by atoms with Crippen LogP contribution in [0.15, 0.2) is 23.6 Å². The van der Waals surface area contributed by atoms with E-state index in [0.717, 1.165) is 39.0 Å². The van der Waals surface area contributed by atoms with Gasteiger partial charge in [0.1, 0.15) is 22.6 Å². The summed E-state index contributed by atoms with van der Waals surface area (Å²) in [5.41, 5.74) is -0.994. The van der Waals surface area contributed by atoms with Crippen LogP contribution in [-0.2, 0) is 20.6 Å². The van der Waals surface area contributed by atoms with Crippen molar-refractivity contribution in [3.05, 3.63) is 23.6 Å². The number of rotatable bonds is 11. The normalized spacial score (nSPS) is 19.8. The summed E-state index contributed by atoms with van der Waals surface area (Å²) in [5.74, 6) is -0.325. The molecule has 2 amide bonds. The summed E-state index contributed by atoms with van der Waals surface area (Å²) in [6.45, 7) is 19.0. The Morgan fingerprint density at radius 1 is 1.09 bits per heavy atom. The van der Waals surface area contributed by atoms with Crippen molar-refractivity contribution < 1.29 is 32.6 Å². The number of nitrogens with zero attached hydrogens (tertiary/aromatic N) is 1. The zero-order chi connectivity index (χ0) is 34.0. The molecule has 0 radical (unpaired) electrons. The van der Waals surface area contributed by atoms with Crippen molar-refractivity contribution in [2.75, 3.05) is 13.0 Å². The van der Waals surface area contributed by atoms with Crippen molar-refractivity contribution in [1.82, 2.24) is 14.9 Å². The maximum atomic E-state index is 13.6. The monoisotopic (exact) mass is 637 g/mol. The molecule has 12 heteroatoms. The molecule has 2 aliphatic rings. The van der Waals surface area contributed by atoms with Gasteiger partial charge in [-0.25, -0.2) is 17.7 Å². The molecular weight excluding hydrogens is 575 g/mol. The third kappa shape index (κ3) is 19.4. The van der Waals surface area contributed by atoms with Gasteiger partial charge in [0, 0.05) is 12.0 Å². The Bertz CT molecular complexity index is 795. The first kappa shape index (κ1) is 45.8. The number of likely N-dealkylation sites (tertiary alicyclic amines) is 1. The van der Waals surface area contributed by atoms with Crippen LogP contribution in [0.1, 0.15) is 121 Å². The van der Waals surface area contributed by atoms with Crippen LogP contribution >= 0.6 is 0 Å². The van der Waals surface area contributed by atoms with Gasteiger partial charge < -0.3 is 20.3 Å². The molecule has 3 unspecified atom stereocenters. The second-order valence-electron chi connectivity index (χ2n) is 10.2. The molecule has 1 aliphatic carbocycles. The van der Waals surface area contributed by atoms with Crippen LogP contribution in [0.2, 0.25) is 0 Å². The predicted molar refractivity (Wildman–Crippen MR) is 178 cm³/mol. The van der Waals surface area contributed by atoms with E-state index in [-0.39, 0.29) is 24.2 Å². The van der Waals surface area contributed by atoms with E-state index < -0.39 is 36.1 Å². The molecule has 0 aromatic heterocycles. The van der Waals surface area contributed by atoms with Gasteiger partial charge in [0.05, 0.1) is 6.44 Å². The number of allylic oxidation sites excluding steroid dienone is 3. The molecule has 0 spiro atoms. The molecule has 0 bridgehead atoms. The quantitative estimate of drug-likeness (QED) is 0.160. The molecule has 1 heterocycles. The fourth-order valence-corrected chi connectivity index (χ4v) is 5.90. The van der Waals surface area contributed by atoms with Crippen molar-refractivity contribution in [1.29, 1.82) is 0 Å². The summed E-state index contributed by atoms with van der Waals surface area (Å²) in [4.78, 5) is 28.1. The number of carbonyl (C=O) groups excluding carboxylic acids is 2. The summed E-state index contributed by atoms with van der Waals surface area (Å²) in [7, 11) is -3.13. The van der Waals surface area contributed by atoms with Crippen LogP contribution in [0.25, 0.3) is 0 Å². The Labute approximate surface area is 264 Å². The van der Waals surface area contributed by atoms with Gasteiger partial charge in [0.2, 0.25) is 18.2 Å². The molecule has 0 aromatic rings. The topological polar surface area (TPSA) is 119 Å². The largest absolute Gasteiger partial charge is 0.472 e. The van der Waals surface area contributed by atoms with E-state index in [1.54, 1.807) is 17.9 Å². The van der Waals surface area contributed by atoms with Gasteiger partial charge in [0.25, 0.3) is 0 Å². The first-order valence-electron chi connectivity index (χ1n) is 16.0. The second kappa shape index (κ2) is 27.9. The predicted octanol–water partition coefficient (Wildman–Crippen LogP) is 6.16. The molecule has 43 heavy (non-hydrogen) atoms. The number of amides is 2. The van der Waals surface area contributed by atoms with E-state index in [1.165, 1.54) is 11.8 Å². The first-order chi connectivity index (χ1) is 20.4. The van der Waals surface area contributed by atoms with Crippen molar-refractivity contribution in [3.63, 3.8) is 0 Å². The molecule has 3 atom stereocenters. The zero-order valence-corrected chi connectivity index (χ0v) is 29.3. The summed E-state index contributed by atoms with van der Waals surface area (Å²) < 4.78 is 36.0. The molecule has 254 valence electrons. The average Bonchev–Trinajstić information content (AvgIpc) is 3.30. The molecule has 0 aromatic carbocycles. The Morgan fingerprint density at radius 2 is 1.63 bits per heavy atom. The van der Waals surface area contributed by atoms with Gasteiger partial charge in [-0.3, -0.25) is 9.59 Å². The lowest BCUT2D eigenvalue weighted by Gasteiger charge is -2.35. The lowest BCUT2D eigenvalue weighted by atomic mass is 9.83. The molecular formula is C31H62BF2N3O5S. The molecule has 1 saturated carbocycles. The minimum absolute atomic E-state index is 0.109. The fraction of sp³-hybridized carbons (Fsp3) is 0.806. The van der Waals surface area contributed by atoms with Gasteiger partial charge in [-0.15, -0.1) is 0 Å². The molecule has 2 rings (SSSR count). The first-order valence-corrected chi connectivity index (χ1v) is 17.2. The highest BCUT2D eigenvalue weighted by molar-refractivity contribution is 7.86. The summed E-state index contributed by atoms with van der Waals surface area (Å²) >= 11 is 0. The molecule has 4 N–H and O–H groups in total. The Hall–Kier alpha value is -1.63. The number of alkyl halides is 2. The SMILES string of the molecule is C/C=C/S(=O)NC1(C(C)C)CCN(C(CC2CCCCC2)C(=O)NCB(O)O)C1=O.C/C=C\CC.CC.CC.CC(F)F. The average molecular weight is 638 g/mol. The number of nitrogens with one attached hydrogen (secondary N) is 2. The van der Waals surface area contributed by atoms with E-state index in [9.17, 15) is 22.6 Å². The van der Waals surface area contributed by atoms with E-state index in [1.807, 2.05) is 48.5 Å². The zero-order valence-electron chi connectivity index (χ0n) is 28.5. The third-order valence-corrected chi connectivity index (χ3v) is 7.89. The van der Waals surface area contributed by atoms with E-state index in [4.69, 9.17) is 10.0 Å². The number of hydrogen-bond donors (Lipinski definition) is 4. The molecule has 1 saturated heterocycles. The Morgan fingerprint density at radius 3 is 2.02 bits per heavy atom. The standard InChI is InChI=1S/C20H36BN3O5S.C5H10.C2H4F2.2C2H6/c1-4-12-30(29)23-20(15(2)3)10-11-24(19(20)26)17(18(25)22-14-21(27)28)13-16-8-6-5-7-9-16;1-3-5-4-2;1-2(3)4;2*1-2/h4,12,15-17,23,27-28H,5-11,13-14H2,1-3H3,(H,22,25);3,5H,4H2,1-2H3;2H,1H3;2*1-2H3/b12-4+;5-3-;;;.